The normalized spacial score (nSPS) is 13.5. The minimum Gasteiger partial charge on any atom is -0.314 e. The van der Waals surface area contributed by atoms with Crippen LogP contribution in [-0.2, 0) is 6.42 Å². The lowest BCUT2D eigenvalue weighted by Gasteiger charge is -2.19. The molecule has 1 N–H and O–H groups in total. The van der Waals surface area contributed by atoms with Crippen molar-refractivity contribution in [3.05, 3.63) is 30.1 Å². The highest BCUT2D eigenvalue weighted by Crippen LogP contribution is 2.23. The van der Waals surface area contributed by atoms with Crippen molar-refractivity contribution in [2.24, 2.45) is 0 Å². The van der Waals surface area contributed by atoms with Gasteiger partial charge in [0.2, 0.25) is 0 Å². The molecule has 0 spiro atoms. The Morgan fingerprint density at radius 2 is 2.05 bits per heavy atom. The Kier molecular flexibility index (Phi) is 6.84. The largest absolute Gasteiger partial charge is 0.389 e. The molecule has 19 heavy (non-hydrogen) atoms. The van der Waals surface area contributed by atoms with E-state index >= 15 is 0 Å². The predicted molar refractivity (Wildman–Crippen MR) is 69.9 cm³/mol. The molecular weight excluding hydrogens is 253 g/mol. The smallest absolute Gasteiger partial charge is 0.314 e. The van der Waals surface area contributed by atoms with E-state index in [1.807, 2.05) is 25.1 Å². The third-order valence-corrected chi connectivity index (χ3v) is 2.93. The molecule has 5 heteroatoms. The lowest BCUT2D eigenvalue weighted by Crippen LogP contribution is -2.31. The van der Waals surface area contributed by atoms with Gasteiger partial charge in [0.15, 0.2) is 0 Å². The van der Waals surface area contributed by atoms with Crippen molar-refractivity contribution in [1.29, 1.82) is 0 Å². The average molecular weight is 274 g/mol. The van der Waals surface area contributed by atoms with Crippen molar-refractivity contribution >= 4 is 0 Å². The molecular formula is C14H21F3N2. The van der Waals surface area contributed by atoms with Crippen molar-refractivity contribution in [1.82, 2.24) is 10.3 Å². The van der Waals surface area contributed by atoms with Gasteiger partial charge in [-0.2, -0.15) is 13.2 Å². The molecule has 0 bridgehead atoms. The molecule has 0 saturated heterocycles. The molecule has 0 amide bonds. The molecule has 108 valence electrons. The van der Waals surface area contributed by atoms with Crippen LogP contribution in [0.3, 0.4) is 0 Å². The van der Waals surface area contributed by atoms with Gasteiger partial charge in [0.1, 0.15) is 0 Å². The summed E-state index contributed by atoms with van der Waals surface area (Å²) in [4.78, 5) is 4.19. The summed E-state index contributed by atoms with van der Waals surface area (Å²) in [5, 5.41) is 3.18. The summed E-state index contributed by atoms with van der Waals surface area (Å²) in [6, 6.07) is 5.54. The Balaban J connectivity index is 2.40. The van der Waals surface area contributed by atoms with Gasteiger partial charge in [-0.05, 0) is 44.4 Å². The van der Waals surface area contributed by atoms with Gasteiger partial charge in [0.05, 0.1) is 0 Å². The van der Waals surface area contributed by atoms with Crippen molar-refractivity contribution in [3.8, 4) is 0 Å². The molecule has 0 fully saturated rings. The Hall–Kier alpha value is -1.10. The summed E-state index contributed by atoms with van der Waals surface area (Å²) in [7, 11) is 0. The first-order valence-corrected chi connectivity index (χ1v) is 6.71. The van der Waals surface area contributed by atoms with Crippen LogP contribution in [0.2, 0.25) is 0 Å². The van der Waals surface area contributed by atoms with E-state index in [0.29, 0.717) is 12.8 Å². The second-order valence-electron chi connectivity index (χ2n) is 4.66. The van der Waals surface area contributed by atoms with Gasteiger partial charge < -0.3 is 5.32 Å². The first-order chi connectivity index (χ1) is 9.01. The Labute approximate surface area is 112 Å². The third kappa shape index (κ3) is 7.82. The topological polar surface area (TPSA) is 24.9 Å². The molecule has 1 unspecified atom stereocenters. The van der Waals surface area contributed by atoms with Crippen LogP contribution in [0.1, 0.15) is 38.3 Å². The number of aryl methyl sites for hydroxylation is 1. The van der Waals surface area contributed by atoms with Gasteiger partial charge in [-0.15, -0.1) is 0 Å². The van der Waals surface area contributed by atoms with Crippen molar-refractivity contribution in [2.75, 3.05) is 6.54 Å². The van der Waals surface area contributed by atoms with Crippen LogP contribution in [0.5, 0.6) is 0 Å². The zero-order chi connectivity index (χ0) is 14.1. The monoisotopic (exact) mass is 274 g/mol. The molecule has 1 aromatic heterocycles. The maximum absolute atomic E-state index is 12.3. The Bertz CT molecular complexity index is 338. The quantitative estimate of drug-likeness (QED) is 0.781. The number of nitrogens with zero attached hydrogens (tertiary/aromatic N) is 1. The van der Waals surface area contributed by atoms with Gasteiger partial charge in [-0.3, -0.25) is 4.98 Å². The molecule has 1 atom stereocenters. The molecule has 0 radical (unpaired) electrons. The molecule has 0 aliphatic carbocycles. The van der Waals surface area contributed by atoms with Crippen LogP contribution < -0.4 is 5.32 Å². The van der Waals surface area contributed by atoms with Crippen molar-refractivity contribution in [3.63, 3.8) is 0 Å². The van der Waals surface area contributed by atoms with E-state index in [1.165, 1.54) is 0 Å². The molecule has 1 aromatic rings. The van der Waals surface area contributed by atoms with E-state index in [9.17, 15) is 13.2 Å². The van der Waals surface area contributed by atoms with E-state index < -0.39 is 12.6 Å². The summed E-state index contributed by atoms with van der Waals surface area (Å²) < 4.78 is 36.8. The SMILES string of the molecule is CCCNC(CCc1ccccn1)CCC(F)(F)F. The van der Waals surface area contributed by atoms with Crippen LogP contribution in [-0.4, -0.2) is 23.7 Å². The minimum atomic E-state index is -4.07. The van der Waals surface area contributed by atoms with Gasteiger partial charge in [0.25, 0.3) is 0 Å². The fraction of sp³-hybridized carbons (Fsp3) is 0.643. The first-order valence-electron chi connectivity index (χ1n) is 6.71. The maximum atomic E-state index is 12.3. The summed E-state index contributed by atoms with van der Waals surface area (Å²) in [5.41, 5.74) is 0.929. The number of hydrogen-bond acceptors (Lipinski definition) is 2. The standard InChI is InChI=1S/C14H21F3N2/c1-2-10-18-13(8-9-14(15,16)17)7-6-12-5-3-4-11-19-12/h3-5,11,13,18H,2,6-10H2,1H3. The zero-order valence-corrected chi connectivity index (χ0v) is 11.2. The number of pyridine rings is 1. The summed E-state index contributed by atoms with van der Waals surface area (Å²) >= 11 is 0. The van der Waals surface area contributed by atoms with Crippen molar-refractivity contribution in [2.45, 2.75) is 51.2 Å². The summed E-state index contributed by atoms with van der Waals surface area (Å²) in [6.07, 6.45) is -0.636. The van der Waals surface area contributed by atoms with Crippen LogP contribution in [0.15, 0.2) is 24.4 Å². The maximum Gasteiger partial charge on any atom is 0.389 e. The first kappa shape index (κ1) is 16.0. The highest BCUT2D eigenvalue weighted by atomic mass is 19.4. The van der Waals surface area contributed by atoms with E-state index in [4.69, 9.17) is 0 Å². The Morgan fingerprint density at radius 1 is 1.26 bits per heavy atom. The molecule has 0 aromatic carbocycles. The highest BCUT2D eigenvalue weighted by molar-refractivity contribution is 5.03. The van der Waals surface area contributed by atoms with E-state index in [1.54, 1.807) is 6.20 Å². The van der Waals surface area contributed by atoms with Crippen molar-refractivity contribution < 1.29 is 13.2 Å². The van der Waals surface area contributed by atoms with Gasteiger partial charge in [-0.25, -0.2) is 0 Å². The molecule has 0 aliphatic heterocycles. The molecule has 0 saturated carbocycles. The van der Waals surface area contributed by atoms with Crippen LogP contribution in [0, 0.1) is 0 Å². The lowest BCUT2D eigenvalue weighted by molar-refractivity contribution is -0.136. The van der Waals surface area contributed by atoms with E-state index in [0.717, 1.165) is 18.7 Å². The van der Waals surface area contributed by atoms with Crippen LogP contribution in [0.4, 0.5) is 13.2 Å². The summed E-state index contributed by atoms with van der Waals surface area (Å²) in [6.45, 7) is 2.76. The van der Waals surface area contributed by atoms with Gasteiger partial charge >= 0.3 is 6.18 Å². The second kappa shape index (κ2) is 8.15. The number of nitrogens with one attached hydrogen (secondary N) is 1. The van der Waals surface area contributed by atoms with Crippen LogP contribution in [0.25, 0.3) is 0 Å². The van der Waals surface area contributed by atoms with E-state index in [2.05, 4.69) is 10.3 Å². The number of hydrogen-bond donors (Lipinski definition) is 1. The Morgan fingerprint density at radius 3 is 2.63 bits per heavy atom. The molecule has 1 heterocycles. The zero-order valence-electron chi connectivity index (χ0n) is 11.2. The minimum absolute atomic E-state index is 0.0939. The fourth-order valence-electron chi connectivity index (χ4n) is 1.90. The van der Waals surface area contributed by atoms with Crippen LogP contribution >= 0.6 is 0 Å². The predicted octanol–water partition coefficient (Wildman–Crippen LogP) is 3.72. The fourth-order valence-corrected chi connectivity index (χ4v) is 1.90. The molecule has 0 aliphatic rings. The highest BCUT2D eigenvalue weighted by Gasteiger charge is 2.28. The summed E-state index contributed by atoms with van der Waals surface area (Å²) in [5.74, 6) is 0. The lowest BCUT2D eigenvalue weighted by atomic mass is 10.0. The second-order valence-corrected chi connectivity index (χ2v) is 4.66. The van der Waals surface area contributed by atoms with Gasteiger partial charge in [-0.1, -0.05) is 13.0 Å². The van der Waals surface area contributed by atoms with Gasteiger partial charge in [0, 0.05) is 24.4 Å². The number of halogens is 3. The number of aromatic nitrogens is 1. The third-order valence-electron chi connectivity index (χ3n) is 2.93. The average Bonchev–Trinajstić information content (AvgIpc) is 2.38. The number of alkyl halides is 3. The molecule has 2 nitrogen and oxygen atoms in total. The van der Waals surface area contributed by atoms with E-state index in [-0.39, 0.29) is 12.5 Å². The molecule has 1 rings (SSSR count). The number of rotatable bonds is 8.